The van der Waals surface area contributed by atoms with Crippen molar-refractivity contribution >= 4 is 15.7 Å². The van der Waals surface area contributed by atoms with Crippen LogP contribution in [0.1, 0.15) is 36.8 Å². The molecule has 6 nitrogen and oxygen atoms in total. The molecule has 2 heterocycles. The summed E-state index contributed by atoms with van der Waals surface area (Å²) in [6.45, 7) is 4.75. The van der Waals surface area contributed by atoms with E-state index in [1.54, 1.807) is 0 Å². The van der Waals surface area contributed by atoms with Gasteiger partial charge in [-0.25, -0.2) is 8.42 Å². The molecule has 0 aliphatic carbocycles. The molecular weight excluding hydrogens is 350 g/mol. The van der Waals surface area contributed by atoms with Crippen LogP contribution in [0.25, 0.3) is 0 Å². The van der Waals surface area contributed by atoms with E-state index in [0.717, 1.165) is 12.1 Å². The molecule has 26 heavy (non-hydrogen) atoms. The van der Waals surface area contributed by atoms with Gasteiger partial charge in [0.05, 0.1) is 0 Å². The number of amides is 1. The van der Waals surface area contributed by atoms with Gasteiger partial charge in [-0.15, -0.1) is 0 Å². The molecular formula is C19H29N3O3S. The number of carbonyl (C=O) groups excluding carboxylic acids is 1. The minimum atomic E-state index is -3.47. The first-order valence-corrected chi connectivity index (χ1v) is 11.3. The molecule has 0 bridgehead atoms. The number of hydrogen-bond acceptors (Lipinski definition) is 5. The third-order valence-electron chi connectivity index (χ3n) is 5.62. The van der Waals surface area contributed by atoms with Gasteiger partial charge in [0, 0.05) is 19.3 Å². The fraction of sp³-hybridized carbons (Fsp3) is 0.632. The topological polar surface area (TPSA) is 78.5 Å². The summed E-state index contributed by atoms with van der Waals surface area (Å²) in [5.74, 6) is -0.373. The molecule has 7 heteroatoms. The largest absolute Gasteiger partial charge is 0.351 e. The molecule has 1 amide bonds. The standard InChI is InChI=1S/C19H29N3O3S/c1-26(24,25)19(8-10-20-11-9-19)18(23)21-14-16-4-6-17(7-5-16)15-22-12-2-3-13-22/h4-7,20H,2-3,8-15H2,1H3,(H,21,23). The van der Waals surface area contributed by atoms with Crippen molar-refractivity contribution < 1.29 is 13.2 Å². The lowest BCUT2D eigenvalue weighted by molar-refractivity contribution is -0.124. The van der Waals surface area contributed by atoms with Gasteiger partial charge >= 0.3 is 0 Å². The first-order chi connectivity index (χ1) is 12.4. The second kappa shape index (κ2) is 8.06. The number of sulfone groups is 1. The van der Waals surface area contributed by atoms with Crippen LogP contribution in [0.5, 0.6) is 0 Å². The Morgan fingerprint density at radius 2 is 1.69 bits per heavy atom. The van der Waals surface area contributed by atoms with Crippen LogP contribution in [0.15, 0.2) is 24.3 Å². The molecule has 0 aromatic heterocycles. The molecule has 3 rings (SSSR count). The zero-order chi connectivity index (χ0) is 18.6. The first kappa shape index (κ1) is 19.3. The van der Waals surface area contributed by atoms with E-state index in [0.29, 0.717) is 32.5 Å². The third kappa shape index (κ3) is 4.27. The van der Waals surface area contributed by atoms with E-state index >= 15 is 0 Å². The van der Waals surface area contributed by atoms with E-state index < -0.39 is 14.6 Å². The predicted octanol–water partition coefficient (Wildman–Crippen LogP) is 1.07. The highest BCUT2D eigenvalue weighted by molar-refractivity contribution is 7.92. The van der Waals surface area contributed by atoms with E-state index in [1.807, 2.05) is 12.1 Å². The van der Waals surface area contributed by atoms with Crippen molar-refractivity contribution in [2.45, 2.75) is 43.5 Å². The maximum atomic E-state index is 12.7. The van der Waals surface area contributed by atoms with Gasteiger partial charge in [0.1, 0.15) is 0 Å². The molecule has 2 N–H and O–H groups in total. The third-order valence-corrected chi connectivity index (χ3v) is 7.63. The monoisotopic (exact) mass is 379 g/mol. The lowest BCUT2D eigenvalue weighted by Crippen LogP contribution is -2.57. The number of carbonyl (C=O) groups is 1. The Morgan fingerprint density at radius 1 is 1.12 bits per heavy atom. The van der Waals surface area contributed by atoms with Crippen LogP contribution in [0, 0.1) is 0 Å². The Kier molecular flexibility index (Phi) is 5.99. The second-order valence-electron chi connectivity index (χ2n) is 7.50. The zero-order valence-electron chi connectivity index (χ0n) is 15.5. The quantitative estimate of drug-likeness (QED) is 0.773. The molecule has 0 spiro atoms. The summed E-state index contributed by atoms with van der Waals surface area (Å²) in [4.78, 5) is 15.2. The van der Waals surface area contributed by atoms with Crippen molar-refractivity contribution in [2.75, 3.05) is 32.4 Å². The summed E-state index contributed by atoms with van der Waals surface area (Å²) < 4.78 is 23.3. The smallest absolute Gasteiger partial charge is 0.241 e. The van der Waals surface area contributed by atoms with E-state index in [2.05, 4.69) is 27.7 Å². The first-order valence-electron chi connectivity index (χ1n) is 9.39. The Morgan fingerprint density at radius 3 is 2.27 bits per heavy atom. The molecule has 0 radical (unpaired) electrons. The predicted molar refractivity (Wildman–Crippen MR) is 102 cm³/mol. The number of rotatable bonds is 6. The molecule has 1 aromatic carbocycles. The van der Waals surface area contributed by atoms with E-state index in [1.165, 1.54) is 37.8 Å². The van der Waals surface area contributed by atoms with E-state index in [9.17, 15) is 13.2 Å². The SMILES string of the molecule is CS(=O)(=O)C1(C(=O)NCc2ccc(CN3CCCC3)cc2)CCNCC1. The normalized spacial score (nSPS) is 20.8. The van der Waals surface area contributed by atoms with Crippen molar-refractivity contribution in [1.82, 2.24) is 15.5 Å². The summed E-state index contributed by atoms with van der Waals surface area (Å²) in [5.41, 5.74) is 2.26. The molecule has 2 aliphatic rings. The van der Waals surface area contributed by atoms with Crippen LogP contribution in [-0.2, 0) is 27.7 Å². The number of benzene rings is 1. The number of likely N-dealkylation sites (tertiary alicyclic amines) is 1. The van der Waals surface area contributed by atoms with E-state index in [4.69, 9.17) is 0 Å². The summed E-state index contributed by atoms with van der Waals surface area (Å²) in [6.07, 6.45) is 4.38. The van der Waals surface area contributed by atoms with Crippen molar-refractivity contribution in [1.29, 1.82) is 0 Å². The van der Waals surface area contributed by atoms with Gasteiger partial charge in [0.2, 0.25) is 5.91 Å². The van der Waals surface area contributed by atoms with Gasteiger partial charge < -0.3 is 10.6 Å². The minimum Gasteiger partial charge on any atom is -0.351 e. The van der Waals surface area contributed by atoms with Gasteiger partial charge in [-0.2, -0.15) is 0 Å². The molecule has 0 unspecified atom stereocenters. The summed E-state index contributed by atoms with van der Waals surface area (Å²) in [5, 5.41) is 5.98. The highest BCUT2D eigenvalue weighted by Gasteiger charge is 2.48. The number of nitrogens with one attached hydrogen (secondary N) is 2. The number of nitrogens with zero attached hydrogens (tertiary/aromatic N) is 1. The second-order valence-corrected chi connectivity index (χ2v) is 9.82. The minimum absolute atomic E-state index is 0.326. The maximum absolute atomic E-state index is 12.7. The summed E-state index contributed by atoms with van der Waals surface area (Å²) >= 11 is 0. The lowest BCUT2D eigenvalue weighted by Gasteiger charge is -2.34. The van der Waals surface area contributed by atoms with Crippen LogP contribution in [-0.4, -0.2) is 56.4 Å². The highest BCUT2D eigenvalue weighted by atomic mass is 32.2. The molecule has 0 atom stereocenters. The fourth-order valence-electron chi connectivity index (χ4n) is 3.90. The van der Waals surface area contributed by atoms with Gasteiger partial charge in [-0.1, -0.05) is 24.3 Å². The average Bonchev–Trinajstić information content (AvgIpc) is 3.13. The van der Waals surface area contributed by atoms with Crippen molar-refractivity contribution in [2.24, 2.45) is 0 Å². The summed E-state index contributed by atoms with van der Waals surface area (Å²) in [6, 6.07) is 8.22. The van der Waals surface area contributed by atoms with Crippen molar-refractivity contribution in [3.8, 4) is 0 Å². The lowest BCUT2D eigenvalue weighted by atomic mass is 9.95. The average molecular weight is 380 g/mol. The number of piperidine rings is 1. The van der Waals surface area contributed by atoms with Crippen LogP contribution >= 0.6 is 0 Å². The van der Waals surface area contributed by atoms with Crippen LogP contribution in [0.2, 0.25) is 0 Å². The Labute approximate surface area is 156 Å². The van der Waals surface area contributed by atoms with Crippen LogP contribution in [0.3, 0.4) is 0 Å². The van der Waals surface area contributed by atoms with E-state index in [-0.39, 0.29) is 5.91 Å². The van der Waals surface area contributed by atoms with Gasteiger partial charge in [-0.05, 0) is 63.0 Å². The number of hydrogen-bond donors (Lipinski definition) is 2. The van der Waals surface area contributed by atoms with Crippen LogP contribution in [0.4, 0.5) is 0 Å². The molecule has 1 aromatic rings. The Hall–Kier alpha value is -1.44. The zero-order valence-corrected chi connectivity index (χ0v) is 16.3. The van der Waals surface area contributed by atoms with Crippen molar-refractivity contribution in [3.05, 3.63) is 35.4 Å². The highest BCUT2D eigenvalue weighted by Crippen LogP contribution is 2.28. The van der Waals surface area contributed by atoms with Crippen LogP contribution < -0.4 is 10.6 Å². The fourth-order valence-corrected chi connectivity index (χ4v) is 5.26. The van der Waals surface area contributed by atoms with Gasteiger partial charge in [-0.3, -0.25) is 9.69 Å². The summed E-state index contributed by atoms with van der Waals surface area (Å²) in [7, 11) is -3.47. The Bertz CT molecular complexity index is 719. The molecule has 2 fully saturated rings. The van der Waals surface area contributed by atoms with Gasteiger partial charge in [0.15, 0.2) is 14.6 Å². The molecule has 2 aliphatic heterocycles. The maximum Gasteiger partial charge on any atom is 0.241 e. The molecule has 2 saturated heterocycles. The molecule has 0 saturated carbocycles. The Balaban J connectivity index is 1.59. The van der Waals surface area contributed by atoms with Gasteiger partial charge in [0.25, 0.3) is 0 Å². The molecule has 144 valence electrons. The van der Waals surface area contributed by atoms with Crippen molar-refractivity contribution in [3.63, 3.8) is 0 Å².